The number of para-hydroxylation sites is 1. The Hall–Kier alpha value is -1.90. The third kappa shape index (κ3) is 1.76. The van der Waals surface area contributed by atoms with Gasteiger partial charge in [0.15, 0.2) is 0 Å². The summed E-state index contributed by atoms with van der Waals surface area (Å²) in [6.45, 7) is 6.81. The van der Waals surface area contributed by atoms with Crippen molar-refractivity contribution in [3.63, 3.8) is 0 Å². The summed E-state index contributed by atoms with van der Waals surface area (Å²) in [5.74, 6) is 2.79. The fourth-order valence-electron chi connectivity index (χ4n) is 2.50. The lowest BCUT2D eigenvalue weighted by atomic mass is 10.1. The maximum Gasteiger partial charge on any atom is 0.144 e. The minimum atomic E-state index is 0.0248. The number of ether oxygens (including phenoxy) is 1. The number of rotatable bonds is 1. The van der Waals surface area contributed by atoms with Crippen LogP contribution in [0, 0.1) is 20.8 Å². The smallest absolute Gasteiger partial charge is 0.144 e. The fourth-order valence-corrected chi connectivity index (χ4v) is 2.50. The topological polar surface area (TPSA) is 34.4 Å². The lowest BCUT2D eigenvalue weighted by molar-refractivity contribution is 0.208. The zero-order valence-corrected chi connectivity index (χ0v) is 10.9. The van der Waals surface area contributed by atoms with Crippen molar-refractivity contribution in [3.8, 4) is 5.75 Å². The van der Waals surface area contributed by atoms with Gasteiger partial charge in [0.1, 0.15) is 23.4 Å². The summed E-state index contributed by atoms with van der Waals surface area (Å²) in [6.07, 6.45) is 0.0248. The van der Waals surface area contributed by atoms with Gasteiger partial charge in [-0.1, -0.05) is 12.1 Å². The van der Waals surface area contributed by atoms with E-state index in [0.717, 1.165) is 35.1 Å². The van der Waals surface area contributed by atoms with Crippen LogP contribution in [0.15, 0.2) is 28.7 Å². The average molecular weight is 243 g/mol. The van der Waals surface area contributed by atoms with E-state index in [4.69, 9.17) is 9.15 Å². The summed E-state index contributed by atoms with van der Waals surface area (Å²) in [4.78, 5) is 0. The lowest BCUT2D eigenvalue weighted by Crippen LogP contribution is -2.24. The van der Waals surface area contributed by atoms with Crippen LogP contribution in [-0.2, 0) is 0 Å². The average Bonchev–Trinajstić information content (AvgIpc) is 2.68. The van der Waals surface area contributed by atoms with E-state index in [1.165, 1.54) is 5.56 Å². The van der Waals surface area contributed by atoms with Crippen LogP contribution < -0.4 is 10.1 Å². The highest BCUT2D eigenvalue weighted by Crippen LogP contribution is 2.37. The maximum atomic E-state index is 6.07. The fraction of sp³-hybridized carbons (Fsp3) is 0.333. The second-order valence-electron chi connectivity index (χ2n) is 4.80. The largest absolute Gasteiger partial charge is 0.482 e. The molecule has 1 N–H and O–H groups in total. The highest BCUT2D eigenvalue weighted by Gasteiger charge is 2.24. The summed E-state index contributed by atoms with van der Waals surface area (Å²) in [5, 5.41) is 3.45. The van der Waals surface area contributed by atoms with Crippen LogP contribution in [0.4, 0.5) is 5.69 Å². The van der Waals surface area contributed by atoms with Gasteiger partial charge in [-0.2, -0.15) is 0 Å². The molecular formula is C15H17NO2. The van der Waals surface area contributed by atoms with Gasteiger partial charge in [0, 0.05) is 5.56 Å². The molecule has 0 fully saturated rings. The van der Waals surface area contributed by atoms with Crippen LogP contribution in [0.2, 0.25) is 0 Å². The Labute approximate surface area is 107 Å². The Kier molecular flexibility index (Phi) is 2.54. The number of fused-ring (bicyclic) bond motifs is 1. The van der Waals surface area contributed by atoms with Crippen molar-refractivity contribution in [2.75, 3.05) is 11.9 Å². The molecule has 1 aliphatic rings. The number of nitrogens with one attached hydrogen (secondary N) is 1. The van der Waals surface area contributed by atoms with E-state index < -0.39 is 0 Å². The molecule has 0 saturated heterocycles. The SMILES string of the molecule is Cc1cc(C2CNc3c(C)cccc3O2)c(C)o1. The molecule has 0 radical (unpaired) electrons. The number of benzene rings is 1. The lowest BCUT2D eigenvalue weighted by Gasteiger charge is -2.28. The van der Waals surface area contributed by atoms with Crippen LogP contribution in [-0.4, -0.2) is 6.54 Å². The van der Waals surface area contributed by atoms with Crippen molar-refractivity contribution in [2.45, 2.75) is 26.9 Å². The molecule has 18 heavy (non-hydrogen) atoms. The second kappa shape index (κ2) is 4.09. The van der Waals surface area contributed by atoms with Gasteiger partial charge >= 0.3 is 0 Å². The van der Waals surface area contributed by atoms with Gasteiger partial charge in [-0.3, -0.25) is 0 Å². The molecule has 3 heteroatoms. The van der Waals surface area contributed by atoms with E-state index >= 15 is 0 Å². The van der Waals surface area contributed by atoms with Crippen molar-refractivity contribution in [2.24, 2.45) is 0 Å². The van der Waals surface area contributed by atoms with E-state index in [1.807, 2.05) is 26.0 Å². The highest BCUT2D eigenvalue weighted by molar-refractivity contribution is 5.63. The molecule has 94 valence electrons. The van der Waals surface area contributed by atoms with Crippen LogP contribution in [0.5, 0.6) is 5.75 Å². The number of hydrogen-bond acceptors (Lipinski definition) is 3. The van der Waals surface area contributed by atoms with Gasteiger partial charge in [-0.15, -0.1) is 0 Å². The molecule has 2 aromatic rings. The zero-order chi connectivity index (χ0) is 12.7. The molecule has 1 atom stereocenters. The van der Waals surface area contributed by atoms with Crippen molar-refractivity contribution < 1.29 is 9.15 Å². The molecule has 0 amide bonds. The van der Waals surface area contributed by atoms with E-state index in [9.17, 15) is 0 Å². The van der Waals surface area contributed by atoms with Gasteiger partial charge in [-0.25, -0.2) is 0 Å². The molecule has 2 heterocycles. The van der Waals surface area contributed by atoms with E-state index in [0.29, 0.717) is 0 Å². The standard InChI is InChI=1S/C15H17NO2/c1-9-5-4-6-13-15(9)16-8-14(18-13)12-7-10(2)17-11(12)3/h4-7,14,16H,8H2,1-3H3. The van der Waals surface area contributed by atoms with Crippen LogP contribution >= 0.6 is 0 Å². The molecule has 3 rings (SSSR count). The molecule has 1 unspecified atom stereocenters. The van der Waals surface area contributed by atoms with E-state index in [2.05, 4.69) is 24.4 Å². The van der Waals surface area contributed by atoms with Crippen LogP contribution in [0.3, 0.4) is 0 Å². The summed E-state index contributed by atoms with van der Waals surface area (Å²) in [6, 6.07) is 8.17. The van der Waals surface area contributed by atoms with Gasteiger partial charge < -0.3 is 14.5 Å². The van der Waals surface area contributed by atoms with Crippen molar-refractivity contribution in [1.82, 2.24) is 0 Å². The third-order valence-electron chi connectivity index (χ3n) is 3.39. The number of anilines is 1. The second-order valence-corrected chi connectivity index (χ2v) is 4.80. The Morgan fingerprint density at radius 2 is 2.06 bits per heavy atom. The predicted octanol–water partition coefficient (Wildman–Crippen LogP) is 3.75. The summed E-state index contributed by atoms with van der Waals surface area (Å²) in [7, 11) is 0. The number of aryl methyl sites for hydroxylation is 3. The first-order valence-corrected chi connectivity index (χ1v) is 6.22. The quantitative estimate of drug-likeness (QED) is 0.828. The first-order chi connectivity index (χ1) is 8.65. The van der Waals surface area contributed by atoms with Crippen molar-refractivity contribution in [3.05, 3.63) is 46.9 Å². The summed E-state index contributed by atoms with van der Waals surface area (Å²) < 4.78 is 11.6. The minimum absolute atomic E-state index is 0.0248. The van der Waals surface area contributed by atoms with Crippen molar-refractivity contribution >= 4 is 5.69 Å². The van der Waals surface area contributed by atoms with E-state index in [1.54, 1.807) is 0 Å². The highest BCUT2D eigenvalue weighted by atomic mass is 16.5. The van der Waals surface area contributed by atoms with Crippen LogP contribution in [0.1, 0.15) is 28.8 Å². The number of hydrogen-bond donors (Lipinski definition) is 1. The number of furan rings is 1. The Balaban J connectivity index is 1.94. The molecule has 1 aromatic carbocycles. The Morgan fingerprint density at radius 1 is 1.22 bits per heavy atom. The maximum absolute atomic E-state index is 6.07. The first-order valence-electron chi connectivity index (χ1n) is 6.22. The normalized spacial score (nSPS) is 17.8. The molecule has 0 spiro atoms. The molecule has 3 nitrogen and oxygen atoms in total. The summed E-state index contributed by atoms with van der Waals surface area (Å²) >= 11 is 0. The molecular weight excluding hydrogens is 226 g/mol. The van der Waals surface area contributed by atoms with Gasteiger partial charge in [0.05, 0.1) is 12.2 Å². The van der Waals surface area contributed by atoms with Crippen LogP contribution in [0.25, 0.3) is 0 Å². The van der Waals surface area contributed by atoms with Crippen molar-refractivity contribution in [1.29, 1.82) is 0 Å². The predicted molar refractivity (Wildman–Crippen MR) is 71.2 cm³/mol. The van der Waals surface area contributed by atoms with Gasteiger partial charge in [0.2, 0.25) is 0 Å². The van der Waals surface area contributed by atoms with Gasteiger partial charge in [0.25, 0.3) is 0 Å². The molecule has 0 saturated carbocycles. The third-order valence-corrected chi connectivity index (χ3v) is 3.39. The first kappa shape index (κ1) is 11.2. The minimum Gasteiger partial charge on any atom is -0.482 e. The molecule has 1 aromatic heterocycles. The monoisotopic (exact) mass is 243 g/mol. The molecule has 1 aliphatic heterocycles. The molecule has 0 bridgehead atoms. The molecule has 0 aliphatic carbocycles. The Bertz CT molecular complexity index is 586. The Morgan fingerprint density at radius 3 is 2.78 bits per heavy atom. The van der Waals surface area contributed by atoms with E-state index in [-0.39, 0.29) is 6.10 Å². The van der Waals surface area contributed by atoms with Gasteiger partial charge in [-0.05, 0) is 38.5 Å². The zero-order valence-electron chi connectivity index (χ0n) is 10.9. The summed E-state index contributed by atoms with van der Waals surface area (Å²) in [5.41, 5.74) is 3.45.